The normalized spacial score (nSPS) is 10.1. The topological polar surface area (TPSA) is 44.5 Å². The first-order chi connectivity index (χ1) is 8.70. The standard InChI is InChI=1S/C14H14BrNO2/c1-17-11-5-7-12(8-6-11)18-9-10-3-2-4-13(16)14(10)15/h2-8H,9,16H2,1H3. The highest BCUT2D eigenvalue weighted by atomic mass is 79.9. The maximum atomic E-state index is 5.81. The van der Waals surface area contributed by atoms with Gasteiger partial charge in [0.15, 0.2) is 0 Å². The van der Waals surface area contributed by atoms with E-state index in [1.165, 1.54) is 0 Å². The number of methoxy groups -OCH3 is 1. The van der Waals surface area contributed by atoms with Crippen LogP contribution in [0.25, 0.3) is 0 Å². The lowest BCUT2D eigenvalue weighted by molar-refractivity contribution is 0.305. The van der Waals surface area contributed by atoms with E-state index >= 15 is 0 Å². The van der Waals surface area contributed by atoms with Crippen LogP contribution in [0, 0.1) is 0 Å². The maximum Gasteiger partial charge on any atom is 0.120 e. The van der Waals surface area contributed by atoms with Crippen LogP contribution in [0.2, 0.25) is 0 Å². The average molecular weight is 308 g/mol. The molecule has 0 saturated carbocycles. The summed E-state index contributed by atoms with van der Waals surface area (Å²) in [5.74, 6) is 1.61. The number of hydrogen-bond acceptors (Lipinski definition) is 3. The van der Waals surface area contributed by atoms with Crippen LogP contribution in [0.1, 0.15) is 5.56 Å². The molecule has 4 heteroatoms. The van der Waals surface area contributed by atoms with Gasteiger partial charge in [-0.05, 0) is 46.3 Å². The molecule has 2 rings (SSSR count). The lowest BCUT2D eigenvalue weighted by Crippen LogP contribution is -1.98. The third-order valence-corrected chi connectivity index (χ3v) is 3.53. The monoisotopic (exact) mass is 307 g/mol. The van der Waals surface area contributed by atoms with Crippen LogP contribution in [0.15, 0.2) is 46.9 Å². The third kappa shape index (κ3) is 2.96. The Morgan fingerprint density at radius 1 is 1.06 bits per heavy atom. The summed E-state index contributed by atoms with van der Waals surface area (Å²) in [6.07, 6.45) is 0. The first-order valence-corrected chi connectivity index (χ1v) is 6.29. The molecule has 94 valence electrons. The van der Waals surface area contributed by atoms with E-state index < -0.39 is 0 Å². The van der Waals surface area contributed by atoms with Crippen molar-refractivity contribution in [1.82, 2.24) is 0 Å². The lowest BCUT2D eigenvalue weighted by Gasteiger charge is -2.09. The minimum absolute atomic E-state index is 0.470. The third-order valence-electron chi connectivity index (χ3n) is 2.56. The number of halogens is 1. The maximum absolute atomic E-state index is 5.81. The van der Waals surface area contributed by atoms with E-state index in [-0.39, 0.29) is 0 Å². The summed E-state index contributed by atoms with van der Waals surface area (Å²) in [5, 5.41) is 0. The summed E-state index contributed by atoms with van der Waals surface area (Å²) < 4.78 is 11.7. The van der Waals surface area contributed by atoms with Crippen LogP contribution >= 0.6 is 15.9 Å². The Balaban J connectivity index is 2.04. The Bertz CT molecular complexity index is 526. The van der Waals surface area contributed by atoms with Gasteiger partial charge in [0.25, 0.3) is 0 Å². The van der Waals surface area contributed by atoms with Crippen molar-refractivity contribution in [2.45, 2.75) is 6.61 Å². The van der Waals surface area contributed by atoms with Gasteiger partial charge in [-0.3, -0.25) is 0 Å². The molecule has 0 aliphatic heterocycles. The Labute approximate surface area is 115 Å². The number of nitrogens with two attached hydrogens (primary N) is 1. The Morgan fingerprint density at radius 2 is 1.72 bits per heavy atom. The fraction of sp³-hybridized carbons (Fsp3) is 0.143. The van der Waals surface area contributed by atoms with Crippen molar-refractivity contribution in [2.75, 3.05) is 12.8 Å². The molecule has 3 nitrogen and oxygen atoms in total. The van der Waals surface area contributed by atoms with E-state index in [9.17, 15) is 0 Å². The van der Waals surface area contributed by atoms with E-state index in [0.29, 0.717) is 12.3 Å². The molecular weight excluding hydrogens is 294 g/mol. The molecule has 0 bridgehead atoms. The van der Waals surface area contributed by atoms with E-state index in [1.807, 2.05) is 42.5 Å². The molecule has 0 radical (unpaired) electrons. The molecule has 0 heterocycles. The van der Waals surface area contributed by atoms with Crippen molar-refractivity contribution < 1.29 is 9.47 Å². The minimum Gasteiger partial charge on any atom is -0.497 e. The van der Waals surface area contributed by atoms with Crippen molar-refractivity contribution in [3.05, 3.63) is 52.5 Å². The van der Waals surface area contributed by atoms with E-state index in [4.69, 9.17) is 15.2 Å². The van der Waals surface area contributed by atoms with Gasteiger partial charge in [-0.25, -0.2) is 0 Å². The first-order valence-electron chi connectivity index (χ1n) is 5.50. The van der Waals surface area contributed by atoms with Gasteiger partial charge in [-0.15, -0.1) is 0 Å². The molecule has 0 atom stereocenters. The molecule has 0 amide bonds. The molecule has 2 N–H and O–H groups in total. The molecule has 2 aromatic carbocycles. The van der Waals surface area contributed by atoms with Crippen molar-refractivity contribution in [3.63, 3.8) is 0 Å². The minimum atomic E-state index is 0.470. The number of ether oxygens (including phenoxy) is 2. The van der Waals surface area contributed by atoms with Gasteiger partial charge in [0.1, 0.15) is 18.1 Å². The van der Waals surface area contributed by atoms with Crippen LogP contribution in [-0.2, 0) is 6.61 Å². The van der Waals surface area contributed by atoms with Crippen LogP contribution in [-0.4, -0.2) is 7.11 Å². The molecule has 0 saturated heterocycles. The highest BCUT2D eigenvalue weighted by Crippen LogP contribution is 2.25. The summed E-state index contributed by atoms with van der Waals surface area (Å²) in [7, 11) is 1.64. The van der Waals surface area contributed by atoms with Crippen molar-refractivity contribution in [3.8, 4) is 11.5 Å². The molecule has 0 spiro atoms. The predicted octanol–water partition coefficient (Wildman–Crippen LogP) is 3.62. The Hall–Kier alpha value is -1.68. The largest absolute Gasteiger partial charge is 0.497 e. The SMILES string of the molecule is COc1ccc(OCc2cccc(N)c2Br)cc1. The molecule has 0 aliphatic rings. The zero-order valence-corrected chi connectivity index (χ0v) is 11.6. The summed E-state index contributed by atoms with van der Waals surface area (Å²) in [4.78, 5) is 0. The second-order valence-electron chi connectivity index (χ2n) is 3.78. The van der Waals surface area contributed by atoms with Crippen LogP contribution in [0.5, 0.6) is 11.5 Å². The zero-order valence-electron chi connectivity index (χ0n) is 10.0. The first kappa shape index (κ1) is 12.8. The van der Waals surface area contributed by atoms with Crippen LogP contribution in [0.4, 0.5) is 5.69 Å². The van der Waals surface area contributed by atoms with E-state index in [0.717, 1.165) is 21.5 Å². The van der Waals surface area contributed by atoms with Gasteiger partial charge in [0.05, 0.1) is 7.11 Å². The van der Waals surface area contributed by atoms with Gasteiger partial charge in [0, 0.05) is 15.7 Å². The molecule has 0 aliphatic carbocycles. The summed E-state index contributed by atoms with van der Waals surface area (Å²) in [6, 6.07) is 13.2. The van der Waals surface area contributed by atoms with Gasteiger partial charge in [-0.1, -0.05) is 12.1 Å². The van der Waals surface area contributed by atoms with Gasteiger partial charge in [0.2, 0.25) is 0 Å². The zero-order chi connectivity index (χ0) is 13.0. The molecule has 0 aromatic heterocycles. The van der Waals surface area contributed by atoms with Crippen molar-refractivity contribution in [1.29, 1.82) is 0 Å². The fourth-order valence-corrected chi connectivity index (χ4v) is 1.92. The van der Waals surface area contributed by atoms with Gasteiger partial charge < -0.3 is 15.2 Å². The fourth-order valence-electron chi connectivity index (χ4n) is 1.54. The summed E-state index contributed by atoms with van der Waals surface area (Å²) >= 11 is 3.45. The quantitative estimate of drug-likeness (QED) is 0.877. The number of hydrogen-bond donors (Lipinski definition) is 1. The molecule has 0 fully saturated rings. The molecule has 2 aromatic rings. The Kier molecular flexibility index (Phi) is 4.10. The van der Waals surface area contributed by atoms with Crippen LogP contribution in [0.3, 0.4) is 0 Å². The number of nitrogen functional groups attached to an aromatic ring is 1. The Morgan fingerprint density at radius 3 is 2.39 bits per heavy atom. The number of rotatable bonds is 4. The van der Waals surface area contributed by atoms with E-state index in [2.05, 4.69) is 15.9 Å². The van der Waals surface area contributed by atoms with Crippen LogP contribution < -0.4 is 15.2 Å². The number of benzene rings is 2. The van der Waals surface area contributed by atoms with Gasteiger partial charge in [-0.2, -0.15) is 0 Å². The molecular formula is C14H14BrNO2. The highest BCUT2D eigenvalue weighted by Gasteiger charge is 2.03. The lowest BCUT2D eigenvalue weighted by atomic mass is 10.2. The second kappa shape index (κ2) is 5.78. The summed E-state index contributed by atoms with van der Waals surface area (Å²) in [6.45, 7) is 0.470. The highest BCUT2D eigenvalue weighted by molar-refractivity contribution is 9.10. The van der Waals surface area contributed by atoms with Gasteiger partial charge >= 0.3 is 0 Å². The molecule has 0 unspecified atom stereocenters. The average Bonchev–Trinajstić information content (AvgIpc) is 2.41. The second-order valence-corrected chi connectivity index (χ2v) is 4.58. The van der Waals surface area contributed by atoms with Crippen molar-refractivity contribution in [2.24, 2.45) is 0 Å². The van der Waals surface area contributed by atoms with Crippen molar-refractivity contribution >= 4 is 21.6 Å². The number of anilines is 1. The molecule has 18 heavy (non-hydrogen) atoms. The van der Waals surface area contributed by atoms with E-state index in [1.54, 1.807) is 7.11 Å². The smallest absolute Gasteiger partial charge is 0.120 e. The summed E-state index contributed by atoms with van der Waals surface area (Å²) in [5.41, 5.74) is 7.54. The predicted molar refractivity (Wildman–Crippen MR) is 75.9 cm³/mol.